The van der Waals surface area contributed by atoms with Crippen molar-refractivity contribution in [3.8, 4) is 11.5 Å². The Morgan fingerprint density at radius 2 is 1.85 bits per heavy atom. The third-order valence-electron chi connectivity index (χ3n) is 4.17. The first kappa shape index (κ1) is 20.9. The van der Waals surface area contributed by atoms with Crippen molar-refractivity contribution in [1.29, 1.82) is 0 Å². The molecule has 1 heterocycles. The quantitative estimate of drug-likeness (QED) is 0.770. The first-order valence-electron chi connectivity index (χ1n) is 9.31. The number of nitrogens with one attached hydrogen (secondary N) is 1. The zero-order valence-corrected chi connectivity index (χ0v) is 16.6. The summed E-state index contributed by atoms with van der Waals surface area (Å²) in [5, 5.41) is 2.89. The second-order valence-corrected chi connectivity index (χ2v) is 7.58. The fraction of sp³-hybridized carbons (Fsp3) is 0.600. The van der Waals surface area contributed by atoms with Crippen LogP contribution in [0.4, 0.5) is 4.79 Å². The Hall–Kier alpha value is -2.44. The first-order chi connectivity index (χ1) is 12.8. The number of carbonyl (C=O) groups is 2. The molecule has 7 heteroatoms. The number of likely N-dealkylation sites (tertiary alicyclic amines) is 1. The lowest BCUT2D eigenvalue weighted by Crippen LogP contribution is -2.47. The van der Waals surface area contributed by atoms with E-state index in [1.807, 2.05) is 45.0 Å². The molecule has 0 aliphatic carbocycles. The Kier molecular flexibility index (Phi) is 7.33. The normalized spacial score (nSPS) is 17.2. The molecule has 1 aromatic rings. The molecule has 1 aliphatic rings. The van der Waals surface area contributed by atoms with E-state index in [2.05, 4.69) is 5.32 Å². The molecule has 1 saturated heterocycles. The Labute approximate surface area is 161 Å². The van der Waals surface area contributed by atoms with E-state index in [1.165, 1.54) is 0 Å². The van der Waals surface area contributed by atoms with Gasteiger partial charge < -0.3 is 24.4 Å². The number of nitrogens with zero attached hydrogens (tertiary/aromatic N) is 1. The van der Waals surface area contributed by atoms with Crippen LogP contribution in [0.2, 0.25) is 0 Å². The first-order valence-corrected chi connectivity index (χ1v) is 9.31. The third-order valence-corrected chi connectivity index (χ3v) is 4.17. The predicted octanol–water partition coefficient (Wildman–Crippen LogP) is 2.84. The Morgan fingerprint density at radius 3 is 2.48 bits per heavy atom. The van der Waals surface area contributed by atoms with Gasteiger partial charge in [-0.15, -0.1) is 0 Å². The van der Waals surface area contributed by atoms with Crippen LogP contribution >= 0.6 is 0 Å². The minimum atomic E-state index is -0.537. The molecule has 0 aromatic heterocycles. The maximum Gasteiger partial charge on any atom is 0.410 e. The highest BCUT2D eigenvalue weighted by Crippen LogP contribution is 2.20. The van der Waals surface area contributed by atoms with Gasteiger partial charge in [0.15, 0.2) is 0 Å². The van der Waals surface area contributed by atoms with Crippen molar-refractivity contribution in [2.45, 2.75) is 39.2 Å². The molecule has 2 amide bonds. The summed E-state index contributed by atoms with van der Waals surface area (Å²) in [7, 11) is 1.61. The number of ether oxygens (including phenoxy) is 3. The van der Waals surface area contributed by atoms with Gasteiger partial charge in [0.25, 0.3) is 0 Å². The molecule has 150 valence electrons. The summed E-state index contributed by atoms with van der Waals surface area (Å²) in [6, 6.07) is 7.28. The monoisotopic (exact) mass is 378 g/mol. The molecule has 1 N–H and O–H groups in total. The number of hydrogen-bond donors (Lipinski definition) is 1. The van der Waals surface area contributed by atoms with Gasteiger partial charge in [-0.2, -0.15) is 0 Å². The number of methoxy groups -OCH3 is 1. The lowest BCUT2D eigenvalue weighted by molar-refractivity contribution is -0.126. The van der Waals surface area contributed by atoms with Crippen LogP contribution in [0.5, 0.6) is 11.5 Å². The van der Waals surface area contributed by atoms with Gasteiger partial charge in [0.2, 0.25) is 5.91 Å². The molecule has 1 unspecified atom stereocenters. The number of rotatable bonds is 6. The van der Waals surface area contributed by atoms with Gasteiger partial charge in [-0.1, -0.05) is 0 Å². The molecular formula is C20H30N2O5. The third kappa shape index (κ3) is 7.00. The standard InChI is InChI=1S/C20H30N2O5/c1-20(2,3)27-19(24)22-12-5-6-15(14-22)18(23)21-11-13-26-17-9-7-16(25-4)8-10-17/h7-10,15H,5-6,11-14H2,1-4H3,(H,21,23). The van der Waals surface area contributed by atoms with E-state index in [0.717, 1.165) is 24.3 Å². The summed E-state index contributed by atoms with van der Waals surface area (Å²) in [6.45, 7) is 7.30. The van der Waals surface area contributed by atoms with E-state index in [1.54, 1.807) is 12.0 Å². The van der Waals surface area contributed by atoms with Crippen LogP contribution in [-0.4, -0.2) is 55.9 Å². The second kappa shape index (κ2) is 9.48. The van der Waals surface area contributed by atoms with Crippen LogP contribution in [0.25, 0.3) is 0 Å². The zero-order chi connectivity index (χ0) is 19.9. The van der Waals surface area contributed by atoms with Gasteiger partial charge in [-0.05, 0) is 57.9 Å². The highest BCUT2D eigenvalue weighted by atomic mass is 16.6. The van der Waals surface area contributed by atoms with Crippen LogP contribution in [-0.2, 0) is 9.53 Å². The average molecular weight is 378 g/mol. The lowest BCUT2D eigenvalue weighted by atomic mass is 9.97. The van der Waals surface area contributed by atoms with Gasteiger partial charge in [0.05, 0.1) is 19.6 Å². The molecule has 1 atom stereocenters. The van der Waals surface area contributed by atoms with Crippen molar-refractivity contribution in [3.63, 3.8) is 0 Å². The maximum atomic E-state index is 12.4. The Balaban J connectivity index is 1.72. The van der Waals surface area contributed by atoms with Crippen LogP contribution in [0.15, 0.2) is 24.3 Å². The molecule has 7 nitrogen and oxygen atoms in total. The molecule has 0 spiro atoms. The molecule has 0 bridgehead atoms. The maximum absolute atomic E-state index is 12.4. The Morgan fingerprint density at radius 1 is 1.19 bits per heavy atom. The van der Waals surface area contributed by atoms with Gasteiger partial charge in [0.1, 0.15) is 23.7 Å². The minimum absolute atomic E-state index is 0.0541. The van der Waals surface area contributed by atoms with E-state index in [9.17, 15) is 9.59 Å². The second-order valence-electron chi connectivity index (χ2n) is 7.58. The molecule has 0 saturated carbocycles. The summed E-state index contributed by atoms with van der Waals surface area (Å²) in [5.41, 5.74) is -0.537. The molecule has 1 aliphatic heterocycles. The lowest BCUT2D eigenvalue weighted by Gasteiger charge is -2.33. The minimum Gasteiger partial charge on any atom is -0.497 e. The van der Waals surface area contributed by atoms with Gasteiger partial charge in [-0.25, -0.2) is 4.79 Å². The number of amides is 2. The van der Waals surface area contributed by atoms with E-state index in [-0.39, 0.29) is 17.9 Å². The van der Waals surface area contributed by atoms with Crippen LogP contribution in [0, 0.1) is 5.92 Å². The summed E-state index contributed by atoms with van der Waals surface area (Å²) >= 11 is 0. The smallest absolute Gasteiger partial charge is 0.410 e. The van der Waals surface area contributed by atoms with Crippen LogP contribution < -0.4 is 14.8 Å². The van der Waals surface area contributed by atoms with Gasteiger partial charge >= 0.3 is 6.09 Å². The molecule has 27 heavy (non-hydrogen) atoms. The number of hydrogen-bond acceptors (Lipinski definition) is 5. The van der Waals surface area contributed by atoms with Crippen molar-refractivity contribution >= 4 is 12.0 Å². The van der Waals surface area contributed by atoms with E-state index >= 15 is 0 Å². The number of benzene rings is 1. The molecule has 1 fully saturated rings. The predicted molar refractivity (Wildman–Crippen MR) is 102 cm³/mol. The van der Waals surface area contributed by atoms with Crippen molar-refractivity contribution in [1.82, 2.24) is 10.2 Å². The summed E-state index contributed by atoms with van der Waals surface area (Å²) in [5.74, 6) is 1.22. The average Bonchev–Trinajstić information content (AvgIpc) is 2.64. The summed E-state index contributed by atoms with van der Waals surface area (Å²) in [6.07, 6.45) is 1.20. The van der Waals surface area contributed by atoms with Crippen molar-refractivity contribution in [2.24, 2.45) is 5.92 Å². The Bertz CT molecular complexity index is 624. The van der Waals surface area contributed by atoms with E-state index in [4.69, 9.17) is 14.2 Å². The fourth-order valence-corrected chi connectivity index (χ4v) is 2.84. The summed E-state index contributed by atoms with van der Waals surface area (Å²) in [4.78, 5) is 26.2. The number of carbonyl (C=O) groups excluding carboxylic acids is 2. The summed E-state index contributed by atoms with van der Waals surface area (Å²) < 4.78 is 16.1. The molecule has 2 rings (SSSR count). The topological polar surface area (TPSA) is 77.1 Å². The molecule has 1 aromatic carbocycles. The molecular weight excluding hydrogens is 348 g/mol. The van der Waals surface area contributed by atoms with E-state index < -0.39 is 5.60 Å². The van der Waals surface area contributed by atoms with Crippen molar-refractivity contribution in [3.05, 3.63) is 24.3 Å². The van der Waals surface area contributed by atoms with Crippen LogP contribution in [0.3, 0.4) is 0 Å². The largest absolute Gasteiger partial charge is 0.497 e. The highest BCUT2D eigenvalue weighted by molar-refractivity contribution is 5.80. The molecule has 0 radical (unpaired) electrons. The SMILES string of the molecule is COc1ccc(OCCNC(=O)C2CCCN(C(=O)OC(C)(C)C)C2)cc1. The van der Waals surface area contributed by atoms with E-state index in [0.29, 0.717) is 26.2 Å². The van der Waals surface area contributed by atoms with Gasteiger partial charge in [-0.3, -0.25) is 4.79 Å². The fourth-order valence-electron chi connectivity index (χ4n) is 2.84. The highest BCUT2D eigenvalue weighted by Gasteiger charge is 2.30. The zero-order valence-electron chi connectivity index (χ0n) is 16.6. The van der Waals surface area contributed by atoms with Gasteiger partial charge in [0, 0.05) is 13.1 Å². The van der Waals surface area contributed by atoms with Crippen LogP contribution in [0.1, 0.15) is 33.6 Å². The number of piperidine rings is 1. The van der Waals surface area contributed by atoms with Crippen molar-refractivity contribution < 1.29 is 23.8 Å². The van der Waals surface area contributed by atoms with Crippen molar-refractivity contribution in [2.75, 3.05) is 33.4 Å².